The Hall–Kier alpha value is -0.540. The minimum absolute atomic E-state index is 0.119. The van der Waals surface area contributed by atoms with Crippen molar-refractivity contribution >= 4 is 11.8 Å². The van der Waals surface area contributed by atoms with Gasteiger partial charge in [-0.1, -0.05) is 12.8 Å². The van der Waals surface area contributed by atoms with Crippen molar-refractivity contribution in [3.63, 3.8) is 0 Å². The summed E-state index contributed by atoms with van der Waals surface area (Å²) in [5.74, 6) is 1.87. The van der Waals surface area contributed by atoms with Crippen LogP contribution in [0.25, 0.3) is 0 Å². The standard InChI is InChI=1S/C14H20FNS/c1-16-9-12-6-13(15)8-14(7-12)17-10-11-4-2-3-5-11/h6-8,11,16H,2-5,9-10H2,1H3. The molecule has 1 fully saturated rings. The molecule has 3 heteroatoms. The van der Waals surface area contributed by atoms with E-state index in [4.69, 9.17) is 0 Å². The monoisotopic (exact) mass is 253 g/mol. The number of thioether (sulfide) groups is 1. The first-order valence-corrected chi connectivity index (χ1v) is 7.33. The average molecular weight is 253 g/mol. The largest absolute Gasteiger partial charge is 0.316 e. The van der Waals surface area contributed by atoms with E-state index in [0.717, 1.165) is 28.7 Å². The van der Waals surface area contributed by atoms with Gasteiger partial charge >= 0.3 is 0 Å². The van der Waals surface area contributed by atoms with Crippen molar-refractivity contribution < 1.29 is 4.39 Å². The second kappa shape index (κ2) is 6.41. The lowest BCUT2D eigenvalue weighted by Gasteiger charge is -2.09. The van der Waals surface area contributed by atoms with Gasteiger partial charge in [0.2, 0.25) is 0 Å². The number of hydrogen-bond acceptors (Lipinski definition) is 2. The first-order valence-electron chi connectivity index (χ1n) is 6.35. The van der Waals surface area contributed by atoms with Crippen LogP contribution in [0.4, 0.5) is 4.39 Å². The Bertz CT molecular complexity index is 361. The van der Waals surface area contributed by atoms with Crippen LogP contribution in [-0.2, 0) is 6.54 Å². The van der Waals surface area contributed by atoms with Crippen LogP contribution in [0.3, 0.4) is 0 Å². The van der Waals surface area contributed by atoms with Crippen LogP contribution < -0.4 is 5.32 Å². The van der Waals surface area contributed by atoms with E-state index in [9.17, 15) is 4.39 Å². The lowest BCUT2D eigenvalue weighted by atomic mass is 10.1. The van der Waals surface area contributed by atoms with Crippen molar-refractivity contribution in [1.82, 2.24) is 5.32 Å². The molecular formula is C14H20FNS. The van der Waals surface area contributed by atoms with Crippen LogP contribution in [0.15, 0.2) is 23.1 Å². The van der Waals surface area contributed by atoms with E-state index in [1.54, 1.807) is 23.9 Å². The average Bonchev–Trinajstić information content (AvgIpc) is 2.79. The van der Waals surface area contributed by atoms with E-state index in [0.29, 0.717) is 0 Å². The summed E-state index contributed by atoms with van der Waals surface area (Å²) in [6, 6.07) is 5.36. The quantitative estimate of drug-likeness (QED) is 0.800. The molecule has 0 spiro atoms. The van der Waals surface area contributed by atoms with Gasteiger partial charge in [-0.2, -0.15) is 0 Å². The molecule has 1 N–H and O–H groups in total. The predicted octanol–water partition coefficient (Wildman–Crippen LogP) is 3.83. The first kappa shape index (κ1) is 12.9. The summed E-state index contributed by atoms with van der Waals surface area (Å²) in [5.41, 5.74) is 1.03. The molecule has 0 bridgehead atoms. The smallest absolute Gasteiger partial charge is 0.124 e. The third kappa shape index (κ3) is 4.00. The molecule has 0 saturated heterocycles. The molecule has 0 heterocycles. The van der Waals surface area contributed by atoms with Crippen LogP contribution >= 0.6 is 11.8 Å². The number of rotatable bonds is 5. The highest BCUT2D eigenvalue weighted by Gasteiger charge is 2.15. The maximum absolute atomic E-state index is 13.4. The maximum Gasteiger partial charge on any atom is 0.124 e. The van der Waals surface area contributed by atoms with Crippen molar-refractivity contribution in [1.29, 1.82) is 0 Å². The Morgan fingerprint density at radius 3 is 2.76 bits per heavy atom. The summed E-state index contributed by atoms with van der Waals surface area (Å²) in [7, 11) is 1.89. The van der Waals surface area contributed by atoms with E-state index >= 15 is 0 Å². The lowest BCUT2D eigenvalue weighted by molar-refractivity contribution is 0.617. The Morgan fingerprint density at radius 2 is 2.06 bits per heavy atom. The first-order chi connectivity index (χ1) is 8.28. The van der Waals surface area contributed by atoms with E-state index in [1.807, 2.05) is 7.05 Å². The summed E-state index contributed by atoms with van der Waals surface area (Å²) in [5, 5.41) is 3.06. The molecule has 2 rings (SSSR count). The second-order valence-electron chi connectivity index (χ2n) is 4.79. The van der Waals surface area contributed by atoms with Crippen molar-refractivity contribution in [3.05, 3.63) is 29.6 Å². The Labute approximate surface area is 107 Å². The van der Waals surface area contributed by atoms with Crippen molar-refractivity contribution in [2.24, 2.45) is 5.92 Å². The van der Waals surface area contributed by atoms with Gasteiger partial charge in [0, 0.05) is 17.2 Å². The van der Waals surface area contributed by atoms with Gasteiger partial charge in [-0.3, -0.25) is 0 Å². The molecule has 17 heavy (non-hydrogen) atoms. The van der Waals surface area contributed by atoms with E-state index in [1.165, 1.54) is 25.7 Å². The highest BCUT2D eigenvalue weighted by molar-refractivity contribution is 7.99. The summed E-state index contributed by atoms with van der Waals surface area (Å²) in [6.45, 7) is 0.731. The predicted molar refractivity (Wildman–Crippen MR) is 71.8 cm³/mol. The van der Waals surface area contributed by atoms with Gasteiger partial charge < -0.3 is 5.32 Å². The SMILES string of the molecule is CNCc1cc(F)cc(SCC2CCCC2)c1. The highest BCUT2D eigenvalue weighted by Crippen LogP contribution is 2.31. The van der Waals surface area contributed by atoms with Gasteiger partial charge in [-0.15, -0.1) is 11.8 Å². The van der Waals surface area contributed by atoms with Gasteiger partial charge in [0.1, 0.15) is 5.82 Å². The normalized spacial score (nSPS) is 16.6. The van der Waals surface area contributed by atoms with Gasteiger partial charge in [-0.05, 0) is 49.6 Å². The van der Waals surface area contributed by atoms with Gasteiger partial charge in [0.05, 0.1) is 0 Å². The maximum atomic E-state index is 13.4. The van der Waals surface area contributed by atoms with Crippen molar-refractivity contribution in [2.75, 3.05) is 12.8 Å². The number of hydrogen-bond donors (Lipinski definition) is 1. The number of benzene rings is 1. The molecule has 1 aromatic rings. The van der Waals surface area contributed by atoms with Gasteiger partial charge in [-0.25, -0.2) is 4.39 Å². The zero-order valence-electron chi connectivity index (χ0n) is 10.3. The van der Waals surface area contributed by atoms with Crippen molar-refractivity contribution in [2.45, 2.75) is 37.1 Å². The highest BCUT2D eigenvalue weighted by atomic mass is 32.2. The molecule has 0 unspecified atom stereocenters. The zero-order valence-corrected chi connectivity index (χ0v) is 11.2. The summed E-state index contributed by atoms with van der Waals surface area (Å²) in [6.07, 6.45) is 5.45. The molecule has 0 aromatic heterocycles. The lowest BCUT2D eigenvalue weighted by Crippen LogP contribution is -2.05. The van der Waals surface area contributed by atoms with Crippen LogP contribution in [0, 0.1) is 11.7 Å². The fourth-order valence-corrected chi connectivity index (χ4v) is 3.59. The summed E-state index contributed by atoms with van der Waals surface area (Å²) >= 11 is 1.80. The Morgan fingerprint density at radius 1 is 1.29 bits per heavy atom. The zero-order chi connectivity index (χ0) is 12.1. The van der Waals surface area contributed by atoms with E-state index < -0.39 is 0 Å². The van der Waals surface area contributed by atoms with Gasteiger partial charge in [0.25, 0.3) is 0 Å². The van der Waals surface area contributed by atoms with Crippen LogP contribution in [0.2, 0.25) is 0 Å². The second-order valence-corrected chi connectivity index (χ2v) is 5.88. The molecule has 1 aliphatic rings. The fraction of sp³-hybridized carbons (Fsp3) is 0.571. The number of halogens is 1. The third-order valence-electron chi connectivity index (χ3n) is 3.27. The van der Waals surface area contributed by atoms with E-state index in [-0.39, 0.29) is 5.82 Å². The molecule has 0 amide bonds. The minimum atomic E-state index is -0.119. The van der Waals surface area contributed by atoms with Crippen molar-refractivity contribution in [3.8, 4) is 0 Å². The molecule has 1 aromatic carbocycles. The van der Waals surface area contributed by atoms with Crippen LogP contribution in [0.5, 0.6) is 0 Å². The van der Waals surface area contributed by atoms with Gasteiger partial charge in [0.15, 0.2) is 0 Å². The minimum Gasteiger partial charge on any atom is -0.316 e. The molecular weight excluding hydrogens is 233 g/mol. The molecule has 0 radical (unpaired) electrons. The van der Waals surface area contributed by atoms with Crippen LogP contribution in [-0.4, -0.2) is 12.8 Å². The third-order valence-corrected chi connectivity index (χ3v) is 4.48. The fourth-order valence-electron chi connectivity index (χ4n) is 2.40. The number of nitrogens with one attached hydrogen (secondary N) is 1. The molecule has 1 aliphatic carbocycles. The summed E-state index contributed by atoms with van der Waals surface area (Å²) in [4.78, 5) is 1.07. The topological polar surface area (TPSA) is 12.0 Å². The Kier molecular flexibility index (Phi) is 4.86. The van der Waals surface area contributed by atoms with E-state index in [2.05, 4.69) is 11.4 Å². The Balaban J connectivity index is 1.94. The molecule has 1 nitrogen and oxygen atoms in total. The molecule has 1 saturated carbocycles. The molecule has 0 aliphatic heterocycles. The van der Waals surface area contributed by atoms with Crippen LogP contribution in [0.1, 0.15) is 31.2 Å². The summed E-state index contributed by atoms with van der Waals surface area (Å²) < 4.78 is 13.4. The molecule has 0 atom stereocenters. The molecule has 94 valence electrons.